The maximum atomic E-state index is 10.7. The van der Waals surface area contributed by atoms with E-state index in [2.05, 4.69) is 0 Å². The van der Waals surface area contributed by atoms with E-state index in [0.717, 1.165) is 6.42 Å². The van der Waals surface area contributed by atoms with Gasteiger partial charge in [-0.3, -0.25) is 4.79 Å². The zero-order valence-corrected chi connectivity index (χ0v) is 9.62. The van der Waals surface area contributed by atoms with Gasteiger partial charge in [0, 0.05) is 13.3 Å². The third kappa shape index (κ3) is 8.01. The molecule has 0 aromatic heterocycles. The predicted octanol–water partition coefficient (Wildman–Crippen LogP) is 2.42. The Morgan fingerprint density at radius 2 is 1.93 bits per heavy atom. The molecular formula is C10H20O4. The highest BCUT2D eigenvalue weighted by molar-refractivity contribution is 5.66. The van der Waals surface area contributed by atoms with Crippen LogP contribution in [0.1, 0.15) is 47.5 Å². The van der Waals surface area contributed by atoms with Crippen LogP contribution < -0.4 is 0 Å². The number of carbonyl (C=O) groups excluding carboxylic acids is 1. The Morgan fingerprint density at radius 1 is 1.36 bits per heavy atom. The van der Waals surface area contributed by atoms with E-state index >= 15 is 0 Å². The van der Waals surface area contributed by atoms with Crippen LogP contribution in [0.5, 0.6) is 0 Å². The minimum Gasteiger partial charge on any atom is -0.433 e. The first kappa shape index (κ1) is 13.4. The lowest BCUT2D eigenvalue weighted by Crippen LogP contribution is -2.27. The first-order valence-corrected chi connectivity index (χ1v) is 4.87. The molecule has 0 heterocycles. The second kappa shape index (κ2) is 5.98. The molecule has 0 bridgehead atoms. The van der Waals surface area contributed by atoms with Crippen LogP contribution in [0, 0.1) is 0 Å². The standard InChI is InChI=1S/C10H20O4/c1-6-7-9(12-8(2)11)13-14-10(3,4)5/h9H,6-7H2,1-5H3. The molecule has 0 saturated heterocycles. The van der Waals surface area contributed by atoms with Gasteiger partial charge in [-0.25, -0.2) is 4.89 Å². The van der Waals surface area contributed by atoms with E-state index in [9.17, 15) is 4.79 Å². The van der Waals surface area contributed by atoms with E-state index in [4.69, 9.17) is 14.5 Å². The minimum atomic E-state index is -0.600. The molecule has 84 valence electrons. The summed E-state index contributed by atoms with van der Waals surface area (Å²) in [6.07, 6.45) is 0.901. The lowest BCUT2D eigenvalue weighted by molar-refractivity contribution is -0.409. The molecule has 0 rings (SSSR count). The molecule has 0 amide bonds. The maximum Gasteiger partial charge on any atom is 0.305 e. The molecule has 0 aromatic rings. The normalized spacial score (nSPS) is 13.8. The van der Waals surface area contributed by atoms with Crippen LogP contribution in [0.4, 0.5) is 0 Å². The first-order chi connectivity index (χ1) is 6.35. The summed E-state index contributed by atoms with van der Waals surface area (Å²) in [4.78, 5) is 20.8. The van der Waals surface area contributed by atoms with Gasteiger partial charge in [0.25, 0.3) is 0 Å². The summed E-state index contributed by atoms with van der Waals surface area (Å²) in [5.41, 5.74) is -0.397. The molecular weight excluding hydrogens is 184 g/mol. The van der Waals surface area contributed by atoms with Gasteiger partial charge in [-0.05, 0) is 20.8 Å². The molecule has 1 atom stereocenters. The molecule has 0 spiro atoms. The van der Waals surface area contributed by atoms with E-state index in [-0.39, 0.29) is 5.97 Å². The van der Waals surface area contributed by atoms with Crippen LogP contribution >= 0.6 is 0 Å². The average molecular weight is 204 g/mol. The van der Waals surface area contributed by atoms with E-state index in [1.54, 1.807) is 0 Å². The molecule has 4 nitrogen and oxygen atoms in total. The number of esters is 1. The molecule has 1 unspecified atom stereocenters. The highest BCUT2D eigenvalue weighted by Gasteiger charge is 2.18. The number of ether oxygens (including phenoxy) is 1. The highest BCUT2D eigenvalue weighted by Crippen LogP contribution is 2.12. The van der Waals surface area contributed by atoms with Gasteiger partial charge in [-0.15, -0.1) is 0 Å². The number of hydrogen-bond acceptors (Lipinski definition) is 4. The number of carbonyl (C=O) groups is 1. The molecule has 0 saturated carbocycles. The number of rotatable bonds is 5. The smallest absolute Gasteiger partial charge is 0.305 e. The van der Waals surface area contributed by atoms with Gasteiger partial charge in [0.2, 0.25) is 6.29 Å². The SMILES string of the molecule is CCCC(OOC(C)(C)C)OC(C)=O. The quantitative estimate of drug-likeness (QED) is 0.298. The van der Waals surface area contributed by atoms with Gasteiger partial charge in [-0.2, -0.15) is 4.89 Å². The van der Waals surface area contributed by atoms with Crippen molar-refractivity contribution < 1.29 is 19.3 Å². The zero-order valence-electron chi connectivity index (χ0n) is 9.62. The van der Waals surface area contributed by atoms with E-state index < -0.39 is 11.9 Å². The lowest BCUT2D eigenvalue weighted by atomic mass is 10.2. The zero-order chi connectivity index (χ0) is 11.2. The van der Waals surface area contributed by atoms with Crippen LogP contribution in [0.25, 0.3) is 0 Å². The van der Waals surface area contributed by atoms with Gasteiger partial charge < -0.3 is 4.74 Å². The monoisotopic (exact) mass is 204 g/mol. The van der Waals surface area contributed by atoms with Gasteiger partial charge in [0.05, 0.1) is 5.60 Å². The third-order valence-electron chi connectivity index (χ3n) is 1.23. The van der Waals surface area contributed by atoms with Crippen molar-refractivity contribution in [3.63, 3.8) is 0 Å². The van der Waals surface area contributed by atoms with Crippen LogP contribution in [0.3, 0.4) is 0 Å². The summed E-state index contributed by atoms with van der Waals surface area (Å²) in [6.45, 7) is 8.93. The fourth-order valence-electron chi connectivity index (χ4n) is 0.745. The lowest BCUT2D eigenvalue weighted by Gasteiger charge is -2.22. The molecule has 0 radical (unpaired) electrons. The predicted molar refractivity (Wildman–Crippen MR) is 52.4 cm³/mol. The Hall–Kier alpha value is -0.610. The number of hydrogen-bond donors (Lipinski definition) is 0. The topological polar surface area (TPSA) is 44.8 Å². The summed E-state index contributed by atoms with van der Waals surface area (Å²) < 4.78 is 4.90. The fraction of sp³-hybridized carbons (Fsp3) is 0.900. The molecule has 0 aliphatic rings. The second-order valence-corrected chi connectivity index (χ2v) is 4.12. The Morgan fingerprint density at radius 3 is 2.29 bits per heavy atom. The fourth-order valence-corrected chi connectivity index (χ4v) is 0.745. The van der Waals surface area contributed by atoms with Crippen molar-refractivity contribution >= 4 is 5.97 Å². The van der Waals surface area contributed by atoms with Crippen LogP contribution in [-0.2, 0) is 19.3 Å². The molecule has 14 heavy (non-hydrogen) atoms. The Labute approximate surface area is 85.5 Å². The van der Waals surface area contributed by atoms with Gasteiger partial charge in [-0.1, -0.05) is 13.3 Å². The third-order valence-corrected chi connectivity index (χ3v) is 1.23. The van der Waals surface area contributed by atoms with Crippen molar-refractivity contribution in [1.82, 2.24) is 0 Å². The van der Waals surface area contributed by atoms with Crippen LogP contribution in [0.15, 0.2) is 0 Å². The molecule has 0 aliphatic carbocycles. The minimum absolute atomic E-state index is 0.360. The summed E-state index contributed by atoms with van der Waals surface area (Å²) >= 11 is 0. The van der Waals surface area contributed by atoms with Crippen molar-refractivity contribution in [3.8, 4) is 0 Å². The van der Waals surface area contributed by atoms with Crippen LogP contribution in [-0.4, -0.2) is 17.9 Å². The first-order valence-electron chi connectivity index (χ1n) is 4.87. The van der Waals surface area contributed by atoms with E-state index in [1.807, 2.05) is 27.7 Å². The average Bonchev–Trinajstić information content (AvgIpc) is 1.98. The van der Waals surface area contributed by atoms with Crippen molar-refractivity contribution in [1.29, 1.82) is 0 Å². The summed E-state index contributed by atoms with van der Waals surface area (Å²) in [7, 11) is 0. The van der Waals surface area contributed by atoms with Crippen molar-refractivity contribution in [2.75, 3.05) is 0 Å². The van der Waals surface area contributed by atoms with Crippen molar-refractivity contribution in [2.45, 2.75) is 59.4 Å². The van der Waals surface area contributed by atoms with Crippen molar-refractivity contribution in [3.05, 3.63) is 0 Å². The summed E-state index contributed by atoms with van der Waals surface area (Å²) in [6, 6.07) is 0. The molecule has 0 aliphatic heterocycles. The second-order valence-electron chi connectivity index (χ2n) is 4.12. The van der Waals surface area contributed by atoms with E-state index in [0.29, 0.717) is 6.42 Å². The van der Waals surface area contributed by atoms with Gasteiger partial charge >= 0.3 is 5.97 Å². The Bertz CT molecular complexity index is 171. The maximum absolute atomic E-state index is 10.7. The van der Waals surface area contributed by atoms with E-state index in [1.165, 1.54) is 6.92 Å². The highest BCUT2D eigenvalue weighted by atomic mass is 17.2. The Kier molecular flexibility index (Phi) is 5.72. The van der Waals surface area contributed by atoms with Gasteiger partial charge in [0.1, 0.15) is 0 Å². The Balaban J connectivity index is 3.90. The molecule has 4 heteroatoms. The summed E-state index contributed by atoms with van der Waals surface area (Å²) in [5.74, 6) is -0.360. The van der Waals surface area contributed by atoms with Gasteiger partial charge in [0.15, 0.2) is 0 Å². The molecule has 0 fully saturated rings. The molecule has 0 N–H and O–H groups in total. The van der Waals surface area contributed by atoms with Crippen molar-refractivity contribution in [2.24, 2.45) is 0 Å². The van der Waals surface area contributed by atoms with Crippen LogP contribution in [0.2, 0.25) is 0 Å². The summed E-state index contributed by atoms with van der Waals surface area (Å²) in [5, 5.41) is 0. The largest absolute Gasteiger partial charge is 0.433 e. The molecule has 0 aromatic carbocycles.